The average molecular weight is 278 g/mol. The van der Waals surface area contributed by atoms with Gasteiger partial charge in [-0.25, -0.2) is 9.98 Å². The van der Waals surface area contributed by atoms with Gasteiger partial charge in [0.05, 0.1) is 6.20 Å². The van der Waals surface area contributed by atoms with Crippen LogP contribution in [0, 0.1) is 0 Å². The average Bonchev–Trinajstić information content (AvgIpc) is 2.70. The summed E-state index contributed by atoms with van der Waals surface area (Å²) in [5.41, 5.74) is 6.04. The molecule has 112 valence electrons. The minimum atomic E-state index is -0.0225. The van der Waals surface area contributed by atoms with E-state index in [-0.39, 0.29) is 5.41 Å². The van der Waals surface area contributed by atoms with Crippen LogP contribution in [-0.2, 0) is 12.0 Å². The van der Waals surface area contributed by atoms with Gasteiger partial charge >= 0.3 is 0 Å². The highest BCUT2D eigenvalue weighted by atomic mass is 16.4. The van der Waals surface area contributed by atoms with E-state index >= 15 is 0 Å². The maximum atomic E-state index is 6.06. The number of hydrogen-bond acceptors (Lipinski definition) is 3. The van der Waals surface area contributed by atoms with Gasteiger partial charge in [0.25, 0.3) is 0 Å². The first-order chi connectivity index (χ1) is 9.47. The van der Waals surface area contributed by atoms with Crippen molar-refractivity contribution in [2.45, 2.75) is 58.4 Å². The van der Waals surface area contributed by atoms with Crippen LogP contribution in [0.5, 0.6) is 0 Å². The first-order valence-corrected chi connectivity index (χ1v) is 7.47. The highest BCUT2D eigenvalue weighted by Gasteiger charge is 2.19. The lowest BCUT2D eigenvalue weighted by atomic mass is 9.94. The van der Waals surface area contributed by atoms with Crippen molar-refractivity contribution in [2.24, 2.45) is 10.7 Å². The third kappa shape index (κ3) is 3.99. The predicted octanol–water partition coefficient (Wildman–Crippen LogP) is 2.66. The Kier molecular flexibility index (Phi) is 4.68. The smallest absolute Gasteiger partial charge is 0.216 e. The lowest BCUT2D eigenvalue weighted by Crippen LogP contribution is -2.38. The molecular formula is C15H26N4O. The molecule has 0 unspecified atom stereocenters. The molecule has 5 heteroatoms. The fourth-order valence-electron chi connectivity index (χ4n) is 2.28. The zero-order valence-electron chi connectivity index (χ0n) is 12.9. The molecular weight excluding hydrogens is 252 g/mol. The van der Waals surface area contributed by atoms with E-state index in [2.05, 4.69) is 35.6 Å². The van der Waals surface area contributed by atoms with Crippen LogP contribution in [0.15, 0.2) is 15.6 Å². The van der Waals surface area contributed by atoms with Gasteiger partial charge in [0.15, 0.2) is 5.96 Å². The summed E-state index contributed by atoms with van der Waals surface area (Å²) in [6, 6.07) is 0. The van der Waals surface area contributed by atoms with Crippen molar-refractivity contribution < 1.29 is 4.42 Å². The Morgan fingerprint density at radius 1 is 1.30 bits per heavy atom. The van der Waals surface area contributed by atoms with Crippen molar-refractivity contribution in [2.75, 3.05) is 13.1 Å². The van der Waals surface area contributed by atoms with Gasteiger partial charge in [0.2, 0.25) is 5.89 Å². The summed E-state index contributed by atoms with van der Waals surface area (Å²) < 4.78 is 5.72. The molecule has 0 aromatic carbocycles. The third-order valence-electron chi connectivity index (χ3n) is 3.60. The number of nitrogens with two attached hydrogens (primary N) is 1. The van der Waals surface area contributed by atoms with Crippen LogP contribution < -0.4 is 5.73 Å². The molecule has 1 aromatic heterocycles. The molecule has 0 atom stereocenters. The Labute approximate surface area is 121 Å². The van der Waals surface area contributed by atoms with Crippen LogP contribution in [0.3, 0.4) is 0 Å². The van der Waals surface area contributed by atoms with Gasteiger partial charge in [0.1, 0.15) is 12.3 Å². The van der Waals surface area contributed by atoms with Gasteiger partial charge in [-0.15, -0.1) is 0 Å². The van der Waals surface area contributed by atoms with Crippen molar-refractivity contribution >= 4 is 5.96 Å². The summed E-state index contributed by atoms with van der Waals surface area (Å²) in [4.78, 5) is 10.9. The lowest BCUT2D eigenvalue weighted by Gasteiger charge is -2.20. The zero-order valence-corrected chi connectivity index (χ0v) is 12.9. The molecule has 0 radical (unpaired) electrons. The lowest BCUT2D eigenvalue weighted by molar-refractivity contribution is 0.381. The normalized spacial score (nSPS) is 18.1. The largest absolute Gasteiger partial charge is 0.443 e. The van der Waals surface area contributed by atoms with Gasteiger partial charge in [-0.05, 0) is 12.8 Å². The first-order valence-electron chi connectivity index (χ1n) is 7.47. The highest BCUT2D eigenvalue weighted by molar-refractivity contribution is 5.78. The van der Waals surface area contributed by atoms with Crippen LogP contribution in [0.4, 0.5) is 0 Å². The van der Waals surface area contributed by atoms with Crippen LogP contribution in [0.25, 0.3) is 0 Å². The van der Waals surface area contributed by atoms with Crippen molar-refractivity contribution in [3.63, 3.8) is 0 Å². The number of likely N-dealkylation sites (tertiary alicyclic amines) is 1. The summed E-state index contributed by atoms with van der Waals surface area (Å²) in [6.07, 6.45) is 6.76. The highest BCUT2D eigenvalue weighted by Crippen LogP contribution is 2.22. The minimum absolute atomic E-state index is 0.0225. The molecule has 1 aliphatic heterocycles. The third-order valence-corrected chi connectivity index (χ3v) is 3.60. The number of aromatic nitrogens is 1. The minimum Gasteiger partial charge on any atom is -0.443 e. The number of oxazole rings is 1. The molecule has 2 rings (SSSR count). The SMILES string of the molecule is CC(C)(C)c1cnc(CN=C(N)N2CCCCCC2)o1. The standard InChI is InChI=1S/C15H26N4O/c1-15(2,3)12-10-17-13(20-12)11-18-14(16)19-8-6-4-5-7-9-19/h10H,4-9,11H2,1-3H3,(H2,16,18). The van der Waals surface area contributed by atoms with Crippen molar-refractivity contribution in [1.29, 1.82) is 0 Å². The van der Waals surface area contributed by atoms with Crippen molar-refractivity contribution in [3.05, 3.63) is 17.8 Å². The van der Waals surface area contributed by atoms with Gasteiger partial charge < -0.3 is 15.1 Å². The Hall–Kier alpha value is -1.52. The van der Waals surface area contributed by atoms with Crippen LogP contribution >= 0.6 is 0 Å². The Morgan fingerprint density at radius 3 is 2.50 bits per heavy atom. The van der Waals surface area contributed by atoms with Crippen LogP contribution in [0.2, 0.25) is 0 Å². The molecule has 0 spiro atoms. The second-order valence-electron chi connectivity index (χ2n) is 6.44. The molecule has 20 heavy (non-hydrogen) atoms. The summed E-state index contributed by atoms with van der Waals surface area (Å²) in [6.45, 7) is 8.74. The molecule has 1 aromatic rings. The van der Waals surface area contributed by atoms with E-state index < -0.39 is 0 Å². The molecule has 0 saturated carbocycles. The summed E-state index contributed by atoms with van der Waals surface area (Å²) in [7, 11) is 0. The number of guanidine groups is 1. The number of nitrogens with zero attached hydrogens (tertiary/aromatic N) is 3. The van der Waals surface area contributed by atoms with E-state index in [0.717, 1.165) is 18.8 Å². The van der Waals surface area contributed by atoms with Crippen molar-refractivity contribution in [1.82, 2.24) is 9.88 Å². The second-order valence-corrected chi connectivity index (χ2v) is 6.44. The summed E-state index contributed by atoms with van der Waals surface area (Å²) in [5.74, 6) is 2.13. The quantitative estimate of drug-likeness (QED) is 0.667. The van der Waals surface area contributed by atoms with Gasteiger partial charge in [-0.1, -0.05) is 33.6 Å². The molecule has 1 aliphatic rings. The predicted molar refractivity (Wildman–Crippen MR) is 80.6 cm³/mol. The van der Waals surface area contributed by atoms with E-state index in [9.17, 15) is 0 Å². The van der Waals surface area contributed by atoms with Crippen LogP contribution in [-0.4, -0.2) is 28.9 Å². The molecule has 0 bridgehead atoms. The molecule has 5 nitrogen and oxygen atoms in total. The van der Waals surface area contributed by atoms with Gasteiger partial charge in [-0.2, -0.15) is 0 Å². The van der Waals surface area contributed by atoms with E-state index in [4.69, 9.17) is 10.2 Å². The fraction of sp³-hybridized carbons (Fsp3) is 0.733. The molecule has 1 fully saturated rings. The van der Waals surface area contributed by atoms with E-state index in [1.165, 1.54) is 25.7 Å². The first kappa shape index (κ1) is 14.9. The number of aliphatic imine (C=N–C) groups is 1. The Balaban J connectivity index is 1.95. The zero-order chi connectivity index (χ0) is 14.6. The number of rotatable bonds is 2. The number of hydrogen-bond donors (Lipinski definition) is 1. The Bertz CT molecular complexity index is 451. The topological polar surface area (TPSA) is 67.7 Å². The molecule has 2 N–H and O–H groups in total. The monoisotopic (exact) mass is 278 g/mol. The summed E-state index contributed by atoms with van der Waals surface area (Å²) in [5, 5.41) is 0. The van der Waals surface area contributed by atoms with E-state index in [0.29, 0.717) is 18.4 Å². The molecule has 0 amide bonds. The summed E-state index contributed by atoms with van der Waals surface area (Å²) >= 11 is 0. The van der Waals surface area contributed by atoms with Gasteiger partial charge in [0, 0.05) is 18.5 Å². The molecule has 2 heterocycles. The second kappa shape index (κ2) is 6.29. The maximum absolute atomic E-state index is 6.06. The van der Waals surface area contributed by atoms with Gasteiger partial charge in [-0.3, -0.25) is 0 Å². The van der Waals surface area contributed by atoms with Crippen LogP contribution in [0.1, 0.15) is 58.1 Å². The van der Waals surface area contributed by atoms with E-state index in [1.807, 2.05) is 0 Å². The fourth-order valence-corrected chi connectivity index (χ4v) is 2.28. The van der Waals surface area contributed by atoms with E-state index in [1.54, 1.807) is 6.20 Å². The molecule has 1 saturated heterocycles. The Morgan fingerprint density at radius 2 is 1.95 bits per heavy atom. The molecule has 0 aliphatic carbocycles. The van der Waals surface area contributed by atoms with Crippen molar-refractivity contribution in [3.8, 4) is 0 Å². The maximum Gasteiger partial charge on any atom is 0.216 e.